The predicted molar refractivity (Wildman–Crippen MR) is 96.4 cm³/mol. The number of carbonyl (C=O) groups is 1. The Kier molecular flexibility index (Phi) is 5.61. The van der Waals surface area contributed by atoms with Gasteiger partial charge in [0.1, 0.15) is 24.0 Å². The van der Waals surface area contributed by atoms with Gasteiger partial charge >= 0.3 is 5.97 Å². The zero-order chi connectivity index (χ0) is 18.8. The van der Waals surface area contributed by atoms with Crippen molar-refractivity contribution in [1.82, 2.24) is 19.5 Å². The number of nitrogens with two attached hydrogens (primary N) is 2. The second-order valence-electron chi connectivity index (χ2n) is 6.44. The maximum absolute atomic E-state index is 10.7. The highest BCUT2D eigenvalue weighted by molar-refractivity contribution is 7.99. The first-order chi connectivity index (χ1) is 12.4. The largest absolute Gasteiger partial charge is 0.480 e. The van der Waals surface area contributed by atoms with Crippen molar-refractivity contribution in [2.24, 2.45) is 11.7 Å². The van der Waals surface area contributed by atoms with Gasteiger partial charge in [-0.25, -0.2) is 15.0 Å². The lowest BCUT2D eigenvalue weighted by Crippen LogP contribution is -2.31. The molecule has 3 rings (SSSR count). The van der Waals surface area contributed by atoms with Crippen molar-refractivity contribution in [2.75, 3.05) is 17.2 Å². The van der Waals surface area contributed by atoms with E-state index in [1.54, 1.807) is 10.9 Å². The van der Waals surface area contributed by atoms with Gasteiger partial charge in [0.25, 0.3) is 0 Å². The average molecular weight is 382 g/mol. The van der Waals surface area contributed by atoms with Crippen LogP contribution in [0.3, 0.4) is 0 Å². The number of carboxylic acid groups (broad SMARTS) is 1. The number of anilines is 1. The van der Waals surface area contributed by atoms with E-state index in [-0.39, 0.29) is 17.8 Å². The summed E-state index contributed by atoms with van der Waals surface area (Å²) in [6, 6.07) is -1.24. The smallest absolute Gasteiger partial charge is 0.320 e. The van der Waals surface area contributed by atoms with Crippen LogP contribution in [0.4, 0.5) is 5.82 Å². The Labute approximate surface area is 153 Å². The first kappa shape index (κ1) is 18.8. The lowest BCUT2D eigenvalue weighted by atomic mass is 10.1. The number of aliphatic carboxylic acids is 1. The van der Waals surface area contributed by atoms with Gasteiger partial charge in [-0.1, -0.05) is 0 Å². The van der Waals surface area contributed by atoms with E-state index in [1.807, 2.05) is 0 Å². The fourth-order valence-electron chi connectivity index (χ4n) is 3.22. The lowest BCUT2D eigenvalue weighted by molar-refractivity contribution is -0.138. The zero-order valence-electron chi connectivity index (χ0n) is 14.0. The van der Waals surface area contributed by atoms with E-state index in [9.17, 15) is 15.0 Å². The van der Waals surface area contributed by atoms with Crippen LogP contribution >= 0.6 is 11.8 Å². The molecule has 0 aromatic carbocycles. The number of hydrogen-bond acceptors (Lipinski definition) is 9. The quantitative estimate of drug-likeness (QED) is 0.382. The Morgan fingerprint density at radius 1 is 1.35 bits per heavy atom. The molecule has 11 heteroatoms. The van der Waals surface area contributed by atoms with Crippen molar-refractivity contribution in [2.45, 2.75) is 37.1 Å². The highest BCUT2D eigenvalue weighted by atomic mass is 32.2. The van der Waals surface area contributed by atoms with Gasteiger partial charge in [0.15, 0.2) is 11.5 Å². The van der Waals surface area contributed by atoms with E-state index in [1.165, 1.54) is 18.1 Å². The molecule has 0 bridgehead atoms. The summed E-state index contributed by atoms with van der Waals surface area (Å²) in [7, 11) is 0. The Morgan fingerprint density at radius 3 is 2.85 bits per heavy atom. The highest BCUT2D eigenvalue weighted by Crippen LogP contribution is 2.38. The van der Waals surface area contributed by atoms with E-state index in [0.717, 1.165) is 0 Å². The fraction of sp³-hybridized carbons (Fsp3) is 0.600. The topological polar surface area (TPSA) is 173 Å². The first-order valence-corrected chi connectivity index (χ1v) is 9.41. The summed E-state index contributed by atoms with van der Waals surface area (Å²) in [5.41, 5.74) is 12.3. The molecule has 0 amide bonds. The second-order valence-corrected chi connectivity index (χ2v) is 7.59. The van der Waals surface area contributed by atoms with Crippen LogP contribution in [0.2, 0.25) is 0 Å². The number of aliphatic hydroxyl groups excluding tert-OH is 2. The first-order valence-electron chi connectivity index (χ1n) is 8.25. The van der Waals surface area contributed by atoms with E-state index in [2.05, 4.69) is 15.0 Å². The Hall–Kier alpha value is -1.95. The number of nitrogens with zero attached hydrogens (tertiary/aromatic N) is 4. The normalized spacial score (nSPS) is 27.0. The van der Waals surface area contributed by atoms with Crippen LogP contribution in [0.15, 0.2) is 12.7 Å². The van der Waals surface area contributed by atoms with Crippen molar-refractivity contribution in [3.63, 3.8) is 0 Å². The number of fused-ring (bicyclic) bond motifs is 1. The summed E-state index contributed by atoms with van der Waals surface area (Å²) < 4.78 is 1.73. The Balaban J connectivity index is 1.64. The van der Waals surface area contributed by atoms with Crippen LogP contribution < -0.4 is 11.5 Å². The minimum absolute atomic E-state index is 0.127. The third-order valence-corrected chi connectivity index (χ3v) is 5.93. The molecule has 1 unspecified atom stereocenters. The van der Waals surface area contributed by atoms with Crippen LogP contribution in [0, 0.1) is 5.92 Å². The molecule has 1 aliphatic rings. The average Bonchev–Trinajstić information content (AvgIpc) is 3.15. The molecule has 142 valence electrons. The number of carboxylic acids is 1. The third kappa shape index (κ3) is 3.61. The van der Waals surface area contributed by atoms with Gasteiger partial charge in [-0.15, -0.1) is 0 Å². The number of thioether (sulfide) groups is 1. The minimum atomic E-state index is -1.02. The molecular weight excluding hydrogens is 360 g/mol. The molecule has 0 saturated heterocycles. The molecule has 2 heterocycles. The molecule has 0 spiro atoms. The second kappa shape index (κ2) is 7.74. The molecule has 7 N–H and O–H groups in total. The van der Waals surface area contributed by atoms with Gasteiger partial charge in [0.2, 0.25) is 0 Å². The van der Waals surface area contributed by atoms with Crippen molar-refractivity contribution in [1.29, 1.82) is 0 Å². The van der Waals surface area contributed by atoms with E-state index >= 15 is 0 Å². The van der Waals surface area contributed by atoms with Crippen LogP contribution in [0.1, 0.15) is 18.9 Å². The molecule has 10 nitrogen and oxygen atoms in total. The summed E-state index contributed by atoms with van der Waals surface area (Å²) in [5, 5.41) is 29.6. The van der Waals surface area contributed by atoms with Crippen molar-refractivity contribution >= 4 is 34.7 Å². The summed E-state index contributed by atoms with van der Waals surface area (Å²) >= 11 is 1.52. The number of imidazole rings is 1. The molecule has 0 radical (unpaired) electrons. The maximum atomic E-state index is 10.7. The number of aliphatic hydroxyl groups is 2. The van der Waals surface area contributed by atoms with Crippen LogP contribution in [-0.4, -0.2) is 70.6 Å². The zero-order valence-corrected chi connectivity index (χ0v) is 14.8. The van der Waals surface area contributed by atoms with E-state index in [0.29, 0.717) is 35.5 Å². The van der Waals surface area contributed by atoms with Gasteiger partial charge in [-0.05, 0) is 30.3 Å². The summed E-state index contributed by atoms with van der Waals surface area (Å²) in [4.78, 5) is 23.0. The summed E-state index contributed by atoms with van der Waals surface area (Å²) in [6.07, 6.45) is 1.98. The van der Waals surface area contributed by atoms with Crippen LogP contribution in [0.5, 0.6) is 0 Å². The number of hydrogen-bond donors (Lipinski definition) is 5. The standard InChI is InChI=1S/C15H22N6O4S/c16-8(15(24)25)1-2-26-4-7-3-9(12(23)11(7)22)21-6-20-10-13(17)18-5-19-14(10)21/h5-9,11-12,22-23H,1-4,16H2,(H,24,25)(H2,17,18,19)/t7-,8?,9-,11-,12+/m1/s1. The molecule has 5 atom stereocenters. The van der Waals surface area contributed by atoms with Gasteiger partial charge in [-0.2, -0.15) is 11.8 Å². The highest BCUT2D eigenvalue weighted by Gasteiger charge is 2.42. The van der Waals surface area contributed by atoms with Crippen molar-refractivity contribution < 1.29 is 20.1 Å². The van der Waals surface area contributed by atoms with Crippen LogP contribution in [-0.2, 0) is 4.79 Å². The predicted octanol–water partition coefficient (Wildman–Crippen LogP) is -0.773. The number of aromatic nitrogens is 4. The molecular formula is C15H22N6O4S. The van der Waals surface area contributed by atoms with Gasteiger partial charge in [-0.3, -0.25) is 4.79 Å². The SMILES string of the molecule is Nc1ncnc2c1ncn2[C@@H]1C[C@H](CSCCC(N)C(=O)O)[C@@H](O)[C@H]1O. The van der Waals surface area contributed by atoms with Crippen LogP contribution in [0.25, 0.3) is 11.2 Å². The number of rotatable bonds is 7. The molecule has 26 heavy (non-hydrogen) atoms. The molecule has 2 aromatic heterocycles. The van der Waals surface area contributed by atoms with Gasteiger partial charge in [0, 0.05) is 0 Å². The molecule has 1 saturated carbocycles. The summed E-state index contributed by atoms with van der Waals surface area (Å²) in [6.45, 7) is 0. The van der Waals surface area contributed by atoms with Gasteiger partial charge in [0.05, 0.1) is 18.5 Å². The lowest BCUT2D eigenvalue weighted by Gasteiger charge is -2.18. The summed E-state index contributed by atoms with van der Waals surface area (Å²) in [5.74, 6) is 0.302. The molecule has 2 aromatic rings. The fourth-order valence-corrected chi connectivity index (χ4v) is 4.44. The van der Waals surface area contributed by atoms with E-state index in [4.69, 9.17) is 16.6 Å². The van der Waals surface area contributed by atoms with E-state index < -0.39 is 24.2 Å². The van der Waals surface area contributed by atoms with Crippen molar-refractivity contribution in [3.05, 3.63) is 12.7 Å². The van der Waals surface area contributed by atoms with Crippen molar-refractivity contribution in [3.8, 4) is 0 Å². The van der Waals surface area contributed by atoms with Gasteiger partial charge < -0.3 is 31.4 Å². The molecule has 1 fully saturated rings. The molecule has 1 aliphatic carbocycles. The number of nitrogen functional groups attached to an aromatic ring is 1. The third-order valence-electron chi connectivity index (χ3n) is 4.74. The minimum Gasteiger partial charge on any atom is -0.480 e. The monoisotopic (exact) mass is 382 g/mol. The molecule has 0 aliphatic heterocycles. The maximum Gasteiger partial charge on any atom is 0.320 e. The Morgan fingerprint density at radius 2 is 2.12 bits per heavy atom. The Bertz CT molecular complexity index is 787.